The second-order valence-electron chi connectivity index (χ2n) is 3.50. The van der Waals surface area contributed by atoms with Gasteiger partial charge in [0.15, 0.2) is 0 Å². The summed E-state index contributed by atoms with van der Waals surface area (Å²) in [6, 6.07) is 16.9. The van der Waals surface area contributed by atoms with Crippen LogP contribution in [0.15, 0.2) is 58.3 Å². The first-order valence-electron chi connectivity index (χ1n) is 5.32. The van der Waals surface area contributed by atoms with Crippen molar-refractivity contribution in [3.05, 3.63) is 48.5 Å². The molecule has 16 heavy (non-hydrogen) atoms. The van der Waals surface area contributed by atoms with Crippen LogP contribution in [0.4, 0.5) is 0 Å². The lowest BCUT2D eigenvalue weighted by atomic mass is 10.1. The highest BCUT2D eigenvalue weighted by Gasteiger charge is 1.97. The van der Waals surface area contributed by atoms with Crippen LogP contribution in [0, 0.1) is 0 Å². The minimum atomic E-state index is 1.00. The summed E-state index contributed by atoms with van der Waals surface area (Å²) in [6.07, 6.45) is 0. The van der Waals surface area contributed by atoms with Crippen LogP contribution in [-0.4, -0.2) is 5.75 Å². The number of thioether (sulfide) groups is 1. The molecular formula is C14H14S2. The van der Waals surface area contributed by atoms with Crippen LogP contribution in [-0.2, 0) is 0 Å². The second-order valence-corrected chi connectivity index (χ2v) is 5.36. The van der Waals surface area contributed by atoms with Crippen molar-refractivity contribution in [1.29, 1.82) is 0 Å². The van der Waals surface area contributed by atoms with Gasteiger partial charge in [-0.1, -0.05) is 31.2 Å². The average Bonchev–Trinajstić information content (AvgIpc) is 2.32. The highest BCUT2D eigenvalue weighted by Crippen LogP contribution is 2.24. The molecule has 0 heterocycles. The number of hydrogen-bond acceptors (Lipinski definition) is 2. The minimum Gasteiger partial charge on any atom is -0.143 e. The van der Waals surface area contributed by atoms with E-state index >= 15 is 0 Å². The van der Waals surface area contributed by atoms with Crippen LogP contribution in [0.1, 0.15) is 6.92 Å². The molecule has 0 radical (unpaired) electrons. The quantitative estimate of drug-likeness (QED) is 0.602. The van der Waals surface area contributed by atoms with Crippen molar-refractivity contribution < 1.29 is 0 Å². The van der Waals surface area contributed by atoms with Crippen LogP contribution >= 0.6 is 24.4 Å². The van der Waals surface area contributed by atoms with Crippen molar-refractivity contribution in [2.75, 3.05) is 5.75 Å². The summed E-state index contributed by atoms with van der Waals surface area (Å²) in [4.78, 5) is 2.33. The highest BCUT2D eigenvalue weighted by molar-refractivity contribution is 7.99. The molecule has 2 heteroatoms. The van der Waals surface area contributed by atoms with Crippen molar-refractivity contribution in [2.24, 2.45) is 0 Å². The van der Waals surface area contributed by atoms with Crippen LogP contribution in [0.2, 0.25) is 0 Å². The largest absolute Gasteiger partial charge is 0.143 e. The molecule has 0 nitrogen and oxygen atoms in total. The first kappa shape index (κ1) is 11.6. The third-order valence-corrected chi connectivity index (χ3v) is 3.56. The van der Waals surface area contributed by atoms with E-state index in [0.717, 1.165) is 10.6 Å². The Kier molecular flexibility index (Phi) is 3.97. The third-order valence-electron chi connectivity index (χ3n) is 2.37. The van der Waals surface area contributed by atoms with E-state index in [2.05, 4.69) is 56.0 Å². The highest BCUT2D eigenvalue weighted by atomic mass is 32.2. The second kappa shape index (κ2) is 5.46. The van der Waals surface area contributed by atoms with E-state index < -0.39 is 0 Å². The van der Waals surface area contributed by atoms with Gasteiger partial charge in [-0.3, -0.25) is 0 Å². The lowest BCUT2D eigenvalue weighted by molar-refractivity contribution is 1.42. The maximum atomic E-state index is 4.28. The molecule has 2 aromatic rings. The van der Waals surface area contributed by atoms with E-state index in [1.807, 2.05) is 23.9 Å². The van der Waals surface area contributed by atoms with Gasteiger partial charge < -0.3 is 0 Å². The first-order valence-corrected chi connectivity index (χ1v) is 6.75. The standard InChI is InChI=1S/C14H14S2/c1-2-16-14-9-5-12(6-10-14)11-3-7-13(15)8-4-11/h3-10,15H,2H2,1H3. The topological polar surface area (TPSA) is 0 Å². The van der Waals surface area contributed by atoms with Gasteiger partial charge in [0.25, 0.3) is 0 Å². The molecule has 0 aliphatic rings. The number of hydrogen-bond donors (Lipinski definition) is 1. The number of rotatable bonds is 3. The summed E-state index contributed by atoms with van der Waals surface area (Å²) in [5, 5.41) is 0. The van der Waals surface area contributed by atoms with Crippen LogP contribution in [0.3, 0.4) is 0 Å². The van der Waals surface area contributed by atoms with E-state index in [-0.39, 0.29) is 0 Å². The molecule has 82 valence electrons. The van der Waals surface area contributed by atoms with E-state index in [1.54, 1.807) is 0 Å². The molecule has 0 saturated carbocycles. The Morgan fingerprint density at radius 3 is 1.88 bits per heavy atom. The zero-order valence-corrected chi connectivity index (χ0v) is 10.9. The number of thiol groups is 1. The Morgan fingerprint density at radius 1 is 0.875 bits per heavy atom. The summed E-state index contributed by atoms with van der Waals surface area (Å²) >= 11 is 6.15. The zero-order valence-electron chi connectivity index (χ0n) is 9.18. The molecule has 0 unspecified atom stereocenters. The van der Waals surface area contributed by atoms with E-state index in [9.17, 15) is 0 Å². The van der Waals surface area contributed by atoms with E-state index in [4.69, 9.17) is 0 Å². The summed E-state index contributed by atoms with van der Waals surface area (Å²) in [5.41, 5.74) is 2.50. The van der Waals surface area contributed by atoms with E-state index in [1.165, 1.54) is 16.0 Å². The smallest absolute Gasteiger partial charge is 0.00722 e. The molecule has 2 aromatic carbocycles. The molecule has 0 atom stereocenters. The predicted octanol–water partition coefficient (Wildman–Crippen LogP) is 4.75. The Labute approximate surface area is 106 Å². The van der Waals surface area contributed by atoms with Gasteiger partial charge in [-0.15, -0.1) is 24.4 Å². The molecule has 0 amide bonds. The SMILES string of the molecule is CCSc1ccc(-c2ccc(S)cc2)cc1. The Hall–Kier alpha value is -0.860. The average molecular weight is 246 g/mol. The Bertz CT molecular complexity index is 443. The van der Waals surface area contributed by atoms with Crippen molar-refractivity contribution in [3.63, 3.8) is 0 Å². The monoisotopic (exact) mass is 246 g/mol. The van der Waals surface area contributed by atoms with Crippen molar-refractivity contribution >= 4 is 24.4 Å². The molecule has 0 aliphatic carbocycles. The van der Waals surface area contributed by atoms with Gasteiger partial charge in [0.1, 0.15) is 0 Å². The van der Waals surface area contributed by atoms with Crippen LogP contribution in [0.5, 0.6) is 0 Å². The normalized spacial score (nSPS) is 10.4. The van der Waals surface area contributed by atoms with Crippen molar-refractivity contribution in [3.8, 4) is 11.1 Å². The van der Waals surface area contributed by atoms with Gasteiger partial charge in [0, 0.05) is 9.79 Å². The fraction of sp³-hybridized carbons (Fsp3) is 0.143. The Balaban J connectivity index is 2.24. The fourth-order valence-electron chi connectivity index (χ4n) is 1.56. The third kappa shape index (κ3) is 2.83. The lowest BCUT2D eigenvalue weighted by Gasteiger charge is -2.03. The van der Waals surface area contributed by atoms with Crippen molar-refractivity contribution in [1.82, 2.24) is 0 Å². The number of benzene rings is 2. The molecule has 0 bridgehead atoms. The first-order chi connectivity index (χ1) is 7.79. The van der Waals surface area contributed by atoms with Gasteiger partial charge in [-0.25, -0.2) is 0 Å². The molecule has 0 aliphatic heterocycles. The summed E-state index contributed by atoms with van der Waals surface area (Å²) < 4.78 is 0. The molecule has 0 spiro atoms. The molecule has 0 aromatic heterocycles. The van der Waals surface area contributed by atoms with E-state index in [0.29, 0.717) is 0 Å². The zero-order chi connectivity index (χ0) is 11.4. The van der Waals surface area contributed by atoms with Gasteiger partial charge >= 0.3 is 0 Å². The maximum absolute atomic E-state index is 4.28. The van der Waals surface area contributed by atoms with Gasteiger partial charge in [0.05, 0.1) is 0 Å². The Morgan fingerprint density at radius 2 is 1.38 bits per heavy atom. The molecule has 0 saturated heterocycles. The predicted molar refractivity (Wildman–Crippen MR) is 75.5 cm³/mol. The molecular weight excluding hydrogens is 232 g/mol. The molecule has 2 rings (SSSR count). The summed E-state index contributed by atoms with van der Waals surface area (Å²) in [6.45, 7) is 2.17. The van der Waals surface area contributed by atoms with Crippen LogP contribution in [0.25, 0.3) is 11.1 Å². The summed E-state index contributed by atoms with van der Waals surface area (Å²) in [5.74, 6) is 1.12. The van der Waals surface area contributed by atoms with Gasteiger partial charge in [0.2, 0.25) is 0 Å². The minimum absolute atomic E-state index is 1.00. The van der Waals surface area contributed by atoms with Crippen molar-refractivity contribution in [2.45, 2.75) is 16.7 Å². The lowest BCUT2D eigenvalue weighted by Crippen LogP contribution is -1.78. The molecule has 0 N–H and O–H groups in total. The summed E-state index contributed by atoms with van der Waals surface area (Å²) in [7, 11) is 0. The molecule has 0 fully saturated rings. The maximum Gasteiger partial charge on any atom is 0.00722 e. The fourth-order valence-corrected chi connectivity index (χ4v) is 2.38. The van der Waals surface area contributed by atoms with Crippen LogP contribution < -0.4 is 0 Å². The van der Waals surface area contributed by atoms with Gasteiger partial charge in [-0.2, -0.15) is 0 Å². The van der Waals surface area contributed by atoms with Gasteiger partial charge in [-0.05, 0) is 41.1 Å².